The van der Waals surface area contributed by atoms with E-state index in [2.05, 4.69) is 5.32 Å². The van der Waals surface area contributed by atoms with Crippen molar-refractivity contribution in [3.8, 4) is 0 Å². The minimum atomic E-state index is -3.02. The first-order valence-corrected chi connectivity index (χ1v) is 9.32. The van der Waals surface area contributed by atoms with Crippen LogP contribution in [0.2, 0.25) is 0 Å². The van der Waals surface area contributed by atoms with E-state index in [1.807, 2.05) is 37.3 Å². The molecule has 2 N–H and O–H groups in total. The third-order valence-electron chi connectivity index (χ3n) is 3.03. The summed E-state index contributed by atoms with van der Waals surface area (Å²) in [5.41, 5.74) is 0.923. The van der Waals surface area contributed by atoms with Gasteiger partial charge in [0.05, 0.1) is 0 Å². The van der Waals surface area contributed by atoms with Crippen LogP contribution in [0.15, 0.2) is 30.3 Å². The van der Waals surface area contributed by atoms with Crippen molar-refractivity contribution in [3.63, 3.8) is 0 Å². The first-order valence-electron chi connectivity index (χ1n) is 7.29. The molecule has 6 heteroatoms. The van der Waals surface area contributed by atoms with Crippen molar-refractivity contribution < 1.29 is 19.0 Å². The van der Waals surface area contributed by atoms with Crippen molar-refractivity contribution in [1.82, 2.24) is 5.32 Å². The first kappa shape index (κ1) is 17.7. The zero-order valence-corrected chi connectivity index (χ0v) is 13.4. The van der Waals surface area contributed by atoms with E-state index in [0.29, 0.717) is 19.1 Å². The van der Waals surface area contributed by atoms with E-state index in [1.165, 1.54) is 0 Å². The molecule has 0 bridgehead atoms. The van der Waals surface area contributed by atoms with E-state index < -0.39 is 13.5 Å². The molecular formula is C15H24NO4P. The zero-order chi connectivity index (χ0) is 15.6. The summed E-state index contributed by atoms with van der Waals surface area (Å²) in [7, 11) is -3.02. The van der Waals surface area contributed by atoms with Crippen molar-refractivity contribution in [2.75, 3.05) is 18.9 Å². The largest absolute Gasteiger partial charge is 0.445 e. The van der Waals surface area contributed by atoms with E-state index in [9.17, 15) is 14.3 Å². The minimum Gasteiger partial charge on any atom is -0.445 e. The third kappa shape index (κ3) is 8.53. The van der Waals surface area contributed by atoms with Crippen LogP contribution in [0.4, 0.5) is 4.79 Å². The maximum atomic E-state index is 11.7. The van der Waals surface area contributed by atoms with Gasteiger partial charge in [-0.3, -0.25) is 4.57 Å². The lowest BCUT2D eigenvalue weighted by Crippen LogP contribution is -2.25. The maximum Gasteiger partial charge on any atom is 0.407 e. The number of hydrogen-bond donors (Lipinski definition) is 2. The van der Waals surface area contributed by atoms with Gasteiger partial charge < -0.3 is 14.9 Å². The van der Waals surface area contributed by atoms with Gasteiger partial charge >= 0.3 is 6.09 Å². The van der Waals surface area contributed by atoms with Gasteiger partial charge in [-0.2, -0.15) is 0 Å². The Morgan fingerprint density at radius 2 is 1.90 bits per heavy atom. The number of amides is 1. The highest BCUT2D eigenvalue weighted by Gasteiger charge is 2.16. The molecule has 0 aliphatic heterocycles. The van der Waals surface area contributed by atoms with Crippen LogP contribution in [-0.4, -0.2) is 29.9 Å². The van der Waals surface area contributed by atoms with Crippen LogP contribution in [0.3, 0.4) is 0 Å². The number of carbonyl (C=O) groups excluding carboxylic acids is 1. The van der Waals surface area contributed by atoms with E-state index in [1.54, 1.807) is 0 Å². The fourth-order valence-corrected chi connectivity index (χ4v) is 3.49. The van der Waals surface area contributed by atoms with Crippen molar-refractivity contribution in [3.05, 3.63) is 35.9 Å². The second-order valence-electron chi connectivity index (χ2n) is 4.99. The van der Waals surface area contributed by atoms with Gasteiger partial charge in [-0.1, -0.05) is 43.7 Å². The molecule has 0 aliphatic carbocycles. The Morgan fingerprint density at radius 3 is 2.57 bits per heavy atom. The highest BCUT2D eigenvalue weighted by atomic mass is 31.2. The molecule has 21 heavy (non-hydrogen) atoms. The Hall–Kier alpha value is -1.32. The molecule has 1 aromatic carbocycles. The van der Waals surface area contributed by atoms with Crippen LogP contribution < -0.4 is 5.32 Å². The lowest BCUT2D eigenvalue weighted by atomic mass is 10.2. The molecule has 118 valence electrons. The molecule has 0 spiro atoms. The van der Waals surface area contributed by atoms with E-state index in [4.69, 9.17) is 4.74 Å². The van der Waals surface area contributed by atoms with Crippen LogP contribution in [0.1, 0.15) is 31.7 Å². The van der Waals surface area contributed by atoms with Crippen LogP contribution in [0.5, 0.6) is 0 Å². The highest BCUT2D eigenvalue weighted by molar-refractivity contribution is 7.57. The number of carbonyl (C=O) groups is 1. The Labute approximate surface area is 126 Å². The fourth-order valence-electron chi connectivity index (χ4n) is 1.81. The second-order valence-corrected chi connectivity index (χ2v) is 7.58. The highest BCUT2D eigenvalue weighted by Crippen LogP contribution is 2.41. The van der Waals surface area contributed by atoms with Crippen LogP contribution >= 0.6 is 7.37 Å². The third-order valence-corrected chi connectivity index (χ3v) is 5.06. The van der Waals surface area contributed by atoms with Crippen molar-refractivity contribution in [1.29, 1.82) is 0 Å². The summed E-state index contributed by atoms with van der Waals surface area (Å²) in [6.07, 6.45) is 2.26. The van der Waals surface area contributed by atoms with Crippen LogP contribution in [0, 0.1) is 0 Å². The van der Waals surface area contributed by atoms with Gasteiger partial charge in [-0.05, 0) is 18.4 Å². The fraction of sp³-hybridized carbons (Fsp3) is 0.533. The average molecular weight is 313 g/mol. The van der Waals surface area contributed by atoms with Crippen LogP contribution in [-0.2, 0) is 15.9 Å². The topological polar surface area (TPSA) is 75.6 Å². The molecule has 0 heterocycles. The molecule has 0 radical (unpaired) electrons. The Morgan fingerprint density at radius 1 is 1.24 bits per heavy atom. The van der Waals surface area contributed by atoms with Gasteiger partial charge in [0.1, 0.15) is 6.61 Å². The number of hydrogen-bond acceptors (Lipinski definition) is 3. The van der Waals surface area contributed by atoms with Gasteiger partial charge in [0.15, 0.2) is 0 Å². The van der Waals surface area contributed by atoms with Gasteiger partial charge in [0.2, 0.25) is 7.37 Å². The number of alkyl carbamates (subject to hydrolysis) is 1. The Balaban J connectivity index is 2.12. The lowest BCUT2D eigenvalue weighted by molar-refractivity contribution is 0.139. The molecule has 0 saturated carbocycles. The average Bonchev–Trinajstić information content (AvgIpc) is 2.49. The summed E-state index contributed by atoms with van der Waals surface area (Å²) in [5.74, 6) is 0. The summed E-state index contributed by atoms with van der Waals surface area (Å²) in [4.78, 5) is 21.1. The van der Waals surface area contributed by atoms with E-state index in [0.717, 1.165) is 18.4 Å². The molecule has 1 atom stereocenters. The van der Waals surface area contributed by atoms with Gasteiger partial charge in [-0.25, -0.2) is 4.79 Å². The summed E-state index contributed by atoms with van der Waals surface area (Å²) in [5, 5.41) is 2.59. The molecule has 0 fully saturated rings. The molecule has 5 nitrogen and oxygen atoms in total. The number of rotatable bonds is 9. The number of unbranched alkanes of at least 4 members (excludes halogenated alkanes) is 1. The number of benzene rings is 1. The van der Waals surface area contributed by atoms with E-state index in [-0.39, 0.29) is 12.8 Å². The molecule has 1 unspecified atom stereocenters. The SMILES string of the molecule is CCCCP(=O)(O)CCCNC(=O)OCc1ccccc1. The van der Waals surface area contributed by atoms with E-state index >= 15 is 0 Å². The molecule has 1 aromatic rings. The first-order chi connectivity index (χ1) is 10.0. The molecule has 1 rings (SSSR count). The normalized spacial score (nSPS) is 13.4. The van der Waals surface area contributed by atoms with Gasteiger partial charge in [-0.15, -0.1) is 0 Å². The van der Waals surface area contributed by atoms with Gasteiger partial charge in [0, 0.05) is 18.9 Å². The number of nitrogens with one attached hydrogen (secondary N) is 1. The Kier molecular flexibility index (Phi) is 8.09. The molecule has 1 amide bonds. The standard InChI is InChI=1S/C15H24NO4P/c1-2-3-11-21(18,19)12-7-10-16-15(17)20-13-14-8-5-4-6-9-14/h4-6,8-9H,2-3,7,10-13H2,1H3,(H,16,17)(H,18,19). The van der Waals surface area contributed by atoms with Crippen LogP contribution in [0.25, 0.3) is 0 Å². The quantitative estimate of drug-likeness (QED) is 0.541. The molecular weight excluding hydrogens is 289 g/mol. The predicted octanol–water partition coefficient (Wildman–Crippen LogP) is 3.37. The zero-order valence-electron chi connectivity index (χ0n) is 12.5. The van der Waals surface area contributed by atoms with Crippen molar-refractivity contribution in [2.24, 2.45) is 0 Å². The lowest BCUT2D eigenvalue weighted by Gasteiger charge is -2.11. The molecule has 0 saturated heterocycles. The minimum absolute atomic E-state index is 0.224. The van der Waals surface area contributed by atoms with Gasteiger partial charge in [0.25, 0.3) is 0 Å². The summed E-state index contributed by atoms with van der Waals surface area (Å²) < 4.78 is 16.8. The number of ether oxygens (including phenoxy) is 1. The molecule has 0 aliphatic rings. The Bertz CT molecular complexity index is 464. The monoisotopic (exact) mass is 313 g/mol. The summed E-state index contributed by atoms with van der Waals surface area (Å²) in [6, 6.07) is 9.42. The maximum absolute atomic E-state index is 11.7. The van der Waals surface area contributed by atoms with Crippen molar-refractivity contribution in [2.45, 2.75) is 32.8 Å². The second kappa shape index (κ2) is 9.59. The predicted molar refractivity (Wildman–Crippen MR) is 83.7 cm³/mol. The summed E-state index contributed by atoms with van der Waals surface area (Å²) >= 11 is 0. The van der Waals surface area contributed by atoms with Crippen molar-refractivity contribution >= 4 is 13.5 Å². The summed E-state index contributed by atoms with van der Waals surface area (Å²) in [6.45, 7) is 2.57. The molecule has 0 aromatic heterocycles. The smallest absolute Gasteiger partial charge is 0.407 e.